The van der Waals surface area contributed by atoms with Gasteiger partial charge in [0.15, 0.2) is 0 Å². The van der Waals surface area contributed by atoms with E-state index in [0.717, 1.165) is 40.7 Å². The molecule has 6 rings (SSSR count). The number of amides is 1. The van der Waals surface area contributed by atoms with Crippen LogP contribution in [0.3, 0.4) is 0 Å². The van der Waals surface area contributed by atoms with Gasteiger partial charge in [0.05, 0.1) is 34.8 Å². The van der Waals surface area contributed by atoms with Gasteiger partial charge in [0, 0.05) is 34.4 Å². The maximum atomic E-state index is 14.1. The minimum absolute atomic E-state index is 0.188. The zero-order chi connectivity index (χ0) is 25.6. The summed E-state index contributed by atoms with van der Waals surface area (Å²) in [6.45, 7) is 2.16. The second kappa shape index (κ2) is 9.08. The Labute approximate surface area is 212 Å². The summed E-state index contributed by atoms with van der Waals surface area (Å²) in [4.78, 5) is 17.5. The lowest BCUT2D eigenvalue weighted by molar-refractivity contribution is -0.0227. The molecule has 0 bridgehead atoms. The molecule has 37 heavy (non-hydrogen) atoms. The molecule has 8 nitrogen and oxygen atoms in total. The number of pyridine rings is 1. The lowest BCUT2D eigenvalue weighted by atomic mass is 9.81. The molecule has 3 aromatic heterocycles. The summed E-state index contributed by atoms with van der Waals surface area (Å²) in [6, 6.07) is 14.0. The summed E-state index contributed by atoms with van der Waals surface area (Å²) in [5, 5.41) is 27.6. The van der Waals surface area contributed by atoms with Gasteiger partial charge in [-0.25, -0.2) is 4.39 Å². The second-order valence-corrected chi connectivity index (χ2v) is 9.98. The number of fused-ring (bicyclic) bond motifs is 2. The fourth-order valence-electron chi connectivity index (χ4n) is 5.42. The predicted molar refractivity (Wildman–Crippen MR) is 138 cm³/mol. The topological polar surface area (TPSA) is 109 Å². The van der Waals surface area contributed by atoms with Crippen molar-refractivity contribution in [2.24, 2.45) is 0 Å². The molecule has 188 valence electrons. The van der Waals surface area contributed by atoms with Crippen LogP contribution in [-0.4, -0.2) is 47.6 Å². The number of hydrogen-bond donors (Lipinski definition) is 3. The maximum absolute atomic E-state index is 14.1. The summed E-state index contributed by atoms with van der Waals surface area (Å²) in [5.74, 6) is -0.526. The van der Waals surface area contributed by atoms with Crippen LogP contribution in [0.5, 0.6) is 0 Å². The van der Waals surface area contributed by atoms with Crippen LogP contribution >= 0.6 is 0 Å². The Balaban J connectivity index is 1.20. The summed E-state index contributed by atoms with van der Waals surface area (Å²) in [6.07, 6.45) is 5.76. The number of aryl methyl sites for hydroxylation is 1. The summed E-state index contributed by atoms with van der Waals surface area (Å²) < 4.78 is 15.7. The molecular formula is C28H27FN6O2. The van der Waals surface area contributed by atoms with E-state index in [9.17, 15) is 14.3 Å². The molecule has 9 heteroatoms. The van der Waals surface area contributed by atoms with Gasteiger partial charge in [0.1, 0.15) is 11.5 Å². The van der Waals surface area contributed by atoms with Crippen molar-refractivity contribution in [3.05, 3.63) is 78.0 Å². The van der Waals surface area contributed by atoms with Crippen LogP contribution in [0.15, 0.2) is 60.9 Å². The Morgan fingerprint density at radius 2 is 2.14 bits per heavy atom. The summed E-state index contributed by atoms with van der Waals surface area (Å²) in [7, 11) is 0. The first-order valence-electron chi connectivity index (χ1n) is 12.4. The first kappa shape index (κ1) is 23.3. The van der Waals surface area contributed by atoms with Crippen LogP contribution in [0.1, 0.15) is 41.7 Å². The van der Waals surface area contributed by atoms with Crippen LogP contribution in [0.25, 0.3) is 33.1 Å². The van der Waals surface area contributed by atoms with Crippen LogP contribution in [0.2, 0.25) is 0 Å². The van der Waals surface area contributed by atoms with Gasteiger partial charge in [-0.3, -0.25) is 19.6 Å². The molecule has 1 aliphatic rings. The molecule has 2 unspecified atom stereocenters. The number of nitrogens with one attached hydrogen (secondary N) is 2. The summed E-state index contributed by atoms with van der Waals surface area (Å²) >= 11 is 0. The maximum Gasteiger partial charge on any atom is 0.251 e. The van der Waals surface area contributed by atoms with Crippen molar-refractivity contribution >= 4 is 27.7 Å². The van der Waals surface area contributed by atoms with Gasteiger partial charge < -0.3 is 10.4 Å². The normalized spacial score (nSPS) is 19.9. The number of aromatic nitrogens is 5. The van der Waals surface area contributed by atoms with Gasteiger partial charge in [-0.05, 0) is 75.1 Å². The lowest BCUT2D eigenvalue weighted by Gasteiger charge is -2.37. The fourth-order valence-corrected chi connectivity index (χ4v) is 5.42. The van der Waals surface area contributed by atoms with E-state index in [1.54, 1.807) is 29.1 Å². The molecule has 5 aromatic rings. The minimum atomic E-state index is -1.05. The van der Waals surface area contributed by atoms with Crippen LogP contribution in [0.4, 0.5) is 4.39 Å². The number of carbonyl (C=O) groups is 1. The number of hydrogen-bond acceptors (Lipinski definition) is 5. The number of rotatable bonds is 5. The molecule has 2 atom stereocenters. The zero-order valence-corrected chi connectivity index (χ0v) is 20.4. The minimum Gasteiger partial charge on any atom is -0.388 e. The molecule has 1 fully saturated rings. The van der Waals surface area contributed by atoms with Crippen molar-refractivity contribution in [1.82, 2.24) is 30.3 Å². The van der Waals surface area contributed by atoms with Gasteiger partial charge in [-0.15, -0.1) is 0 Å². The van der Waals surface area contributed by atoms with Gasteiger partial charge in [-0.2, -0.15) is 10.2 Å². The molecule has 0 aliphatic heterocycles. The van der Waals surface area contributed by atoms with Gasteiger partial charge in [0.25, 0.3) is 5.91 Å². The van der Waals surface area contributed by atoms with Crippen molar-refractivity contribution in [1.29, 1.82) is 0 Å². The molecule has 2 aromatic carbocycles. The highest BCUT2D eigenvalue weighted by Crippen LogP contribution is 2.32. The zero-order valence-electron chi connectivity index (χ0n) is 20.4. The monoisotopic (exact) mass is 498 g/mol. The number of halogens is 1. The van der Waals surface area contributed by atoms with Crippen LogP contribution in [0, 0.1) is 12.7 Å². The van der Waals surface area contributed by atoms with Crippen molar-refractivity contribution < 1.29 is 14.3 Å². The quantitative estimate of drug-likeness (QED) is 0.330. The van der Waals surface area contributed by atoms with Crippen molar-refractivity contribution in [2.45, 2.75) is 50.8 Å². The first-order valence-corrected chi connectivity index (χ1v) is 12.4. The Bertz CT molecular complexity index is 1630. The highest BCUT2D eigenvalue weighted by molar-refractivity contribution is 6.01. The van der Waals surface area contributed by atoms with Crippen LogP contribution < -0.4 is 5.32 Å². The molecule has 1 amide bonds. The van der Waals surface area contributed by atoms with Crippen molar-refractivity contribution in [3.63, 3.8) is 0 Å². The SMILES string of the molecule is Cc1cc(-c2n[nH]c3ccc(C(=O)NC4CCCC(O)(Cn5ncc6c(F)cccc65)C4)cc23)ccn1. The highest BCUT2D eigenvalue weighted by atomic mass is 19.1. The van der Waals surface area contributed by atoms with Gasteiger partial charge in [0.2, 0.25) is 0 Å². The second-order valence-electron chi connectivity index (χ2n) is 9.98. The van der Waals surface area contributed by atoms with E-state index < -0.39 is 5.60 Å². The molecule has 0 radical (unpaired) electrons. The number of benzene rings is 2. The Morgan fingerprint density at radius 1 is 1.24 bits per heavy atom. The fraction of sp³-hybridized carbons (Fsp3) is 0.286. The summed E-state index contributed by atoms with van der Waals surface area (Å²) in [5.41, 5.74) is 3.56. The molecule has 1 saturated carbocycles. The van der Waals surface area contributed by atoms with E-state index in [1.807, 2.05) is 31.2 Å². The Morgan fingerprint density at radius 3 is 3.00 bits per heavy atom. The van der Waals surface area contributed by atoms with Gasteiger partial charge in [-0.1, -0.05) is 6.07 Å². The third-order valence-corrected chi connectivity index (χ3v) is 7.23. The molecule has 0 saturated heterocycles. The molecular weight excluding hydrogens is 471 g/mol. The third kappa shape index (κ3) is 4.46. The largest absolute Gasteiger partial charge is 0.388 e. The Kier molecular flexibility index (Phi) is 5.72. The number of nitrogens with zero attached hydrogens (tertiary/aromatic N) is 4. The smallest absolute Gasteiger partial charge is 0.251 e. The predicted octanol–water partition coefficient (Wildman–Crippen LogP) is 4.53. The lowest BCUT2D eigenvalue weighted by Crippen LogP contribution is -2.47. The first-order chi connectivity index (χ1) is 17.9. The molecule has 3 heterocycles. The standard InChI is InChI=1S/C28H27FN6O2/c1-17-12-18(9-11-30-17)26-21-13-19(7-8-24(21)33-34-26)27(36)32-20-4-3-10-28(37,14-20)16-35-25-6-2-5-23(29)22(25)15-31-35/h2,5-9,11-13,15,20,37H,3-4,10,14,16H2,1H3,(H,32,36)(H,33,34). The van der Waals surface area contributed by atoms with E-state index in [4.69, 9.17) is 0 Å². The van der Waals surface area contributed by atoms with Crippen LogP contribution in [-0.2, 0) is 6.54 Å². The molecule has 3 N–H and O–H groups in total. The van der Waals surface area contributed by atoms with E-state index in [2.05, 4.69) is 25.6 Å². The van der Waals surface area contributed by atoms with E-state index in [1.165, 1.54) is 12.3 Å². The van der Waals surface area contributed by atoms with E-state index in [-0.39, 0.29) is 24.3 Å². The average molecular weight is 499 g/mol. The molecule has 1 aliphatic carbocycles. The van der Waals surface area contributed by atoms with Crippen molar-refractivity contribution in [3.8, 4) is 11.3 Å². The number of aliphatic hydroxyl groups is 1. The highest BCUT2D eigenvalue weighted by Gasteiger charge is 2.36. The number of H-pyrrole nitrogens is 1. The van der Waals surface area contributed by atoms with E-state index in [0.29, 0.717) is 29.3 Å². The van der Waals surface area contributed by atoms with Gasteiger partial charge >= 0.3 is 0 Å². The van der Waals surface area contributed by atoms with Crippen molar-refractivity contribution in [2.75, 3.05) is 0 Å². The number of aromatic amines is 1. The number of carbonyl (C=O) groups excluding carboxylic acids is 1. The van der Waals surface area contributed by atoms with E-state index >= 15 is 0 Å². The Hall–Kier alpha value is -4.11. The molecule has 0 spiro atoms. The average Bonchev–Trinajstić information content (AvgIpc) is 3.48. The third-order valence-electron chi connectivity index (χ3n) is 7.23.